The van der Waals surface area contributed by atoms with E-state index in [0.29, 0.717) is 5.56 Å². The topological polar surface area (TPSA) is 43.6 Å². The number of nitrogens with zero attached hydrogens (tertiary/aromatic N) is 2. The summed E-state index contributed by atoms with van der Waals surface area (Å²) < 4.78 is 6.92. The highest BCUT2D eigenvalue weighted by atomic mass is 16.5. The van der Waals surface area contributed by atoms with Gasteiger partial charge in [-0.15, -0.1) is 0 Å². The summed E-state index contributed by atoms with van der Waals surface area (Å²) in [6, 6.07) is 3.54. The maximum atomic E-state index is 11.7. The van der Waals surface area contributed by atoms with Crippen molar-refractivity contribution in [3.63, 3.8) is 0 Å². The summed E-state index contributed by atoms with van der Waals surface area (Å²) in [4.78, 5) is 15.7. The molecule has 0 saturated carbocycles. The van der Waals surface area contributed by atoms with Crippen molar-refractivity contribution in [3.8, 4) is 0 Å². The third kappa shape index (κ3) is 1.83. The van der Waals surface area contributed by atoms with Crippen LogP contribution in [-0.2, 0) is 4.74 Å². The minimum atomic E-state index is -0.309. The van der Waals surface area contributed by atoms with Gasteiger partial charge in [0.25, 0.3) is 0 Å². The van der Waals surface area contributed by atoms with Crippen molar-refractivity contribution in [3.05, 3.63) is 36.4 Å². The summed E-state index contributed by atoms with van der Waals surface area (Å²) >= 11 is 0. The van der Waals surface area contributed by atoms with E-state index < -0.39 is 0 Å². The van der Waals surface area contributed by atoms with Gasteiger partial charge in [-0.3, -0.25) is 0 Å². The van der Waals surface area contributed by atoms with Gasteiger partial charge in [-0.25, -0.2) is 9.78 Å². The number of carbonyl (C=O) groups is 1. The molecule has 0 radical (unpaired) electrons. The molecule has 2 rings (SSSR count). The first-order chi connectivity index (χ1) is 7.18. The van der Waals surface area contributed by atoms with E-state index in [0.717, 1.165) is 5.52 Å². The van der Waals surface area contributed by atoms with Crippen LogP contribution in [0.2, 0.25) is 0 Å². The molecule has 2 aromatic rings. The van der Waals surface area contributed by atoms with Crippen molar-refractivity contribution in [2.45, 2.75) is 20.0 Å². The van der Waals surface area contributed by atoms with Gasteiger partial charge in [0.15, 0.2) is 0 Å². The van der Waals surface area contributed by atoms with Crippen LogP contribution in [-0.4, -0.2) is 21.5 Å². The van der Waals surface area contributed by atoms with Gasteiger partial charge < -0.3 is 9.14 Å². The molecule has 0 N–H and O–H groups in total. The van der Waals surface area contributed by atoms with Crippen LogP contribution in [0.1, 0.15) is 24.2 Å². The Bertz CT molecular complexity index is 488. The van der Waals surface area contributed by atoms with E-state index in [1.54, 1.807) is 29.1 Å². The van der Waals surface area contributed by atoms with Gasteiger partial charge in [0, 0.05) is 6.20 Å². The molecule has 0 unspecified atom stereocenters. The number of ether oxygens (including phenoxy) is 1. The largest absolute Gasteiger partial charge is 0.459 e. The molecule has 0 amide bonds. The Morgan fingerprint density at radius 1 is 1.53 bits per heavy atom. The SMILES string of the molecule is CC(C)OC(=O)c1cccn2cncc12. The lowest BCUT2D eigenvalue weighted by Crippen LogP contribution is -2.12. The highest BCUT2D eigenvalue weighted by Gasteiger charge is 2.12. The minimum absolute atomic E-state index is 0.110. The average Bonchev–Trinajstić information content (AvgIpc) is 2.63. The zero-order chi connectivity index (χ0) is 10.8. The van der Waals surface area contributed by atoms with Crippen LogP contribution in [0.25, 0.3) is 5.52 Å². The molecule has 4 heteroatoms. The molecule has 15 heavy (non-hydrogen) atoms. The van der Waals surface area contributed by atoms with E-state index in [2.05, 4.69) is 4.98 Å². The van der Waals surface area contributed by atoms with Gasteiger partial charge >= 0.3 is 5.97 Å². The quantitative estimate of drug-likeness (QED) is 0.702. The molecule has 0 aliphatic rings. The van der Waals surface area contributed by atoms with Crippen molar-refractivity contribution in [2.24, 2.45) is 0 Å². The summed E-state index contributed by atoms with van der Waals surface area (Å²) in [6.45, 7) is 3.66. The molecule has 0 saturated heterocycles. The summed E-state index contributed by atoms with van der Waals surface area (Å²) in [6.07, 6.45) is 5.04. The maximum Gasteiger partial charge on any atom is 0.340 e. The highest BCUT2D eigenvalue weighted by Crippen LogP contribution is 2.12. The standard InChI is InChI=1S/C11H12N2O2/c1-8(2)15-11(14)9-4-3-5-13-7-12-6-10(9)13/h3-8H,1-2H3. The zero-order valence-corrected chi connectivity index (χ0v) is 8.68. The first kappa shape index (κ1) is 9.71. The van der Waals surface area contributed by atoms with Gasteiger partial charge in [0.05, 0.1) is 29.7 Å². The number of rotatable bonds is 2. The normalized spacial score (nSPS) is 10.9. The van der Waals surface area contributed by atoms with Gasteiger partial charge in [-0.05, 0) is 26.0 Å². The molecule has 0 aliphatic carbocycles. The monoisotopic (exact) mass is 204 g/mol. The van der Waals surface area contributed by atoms with E-state index in [4.69, 9.17) is 4.74 Å². The van der Waals surface area contributed by atoms with Crippen molar-refractivity contribution in [1.82, 2.24) is 9.38 Å². The number of esters is 1. The second kappa shape index (κ2) is 3.73. The third-order valence-corrected chi connectivity index (χ3v) is 2.01. The minimum Gasteiger partial charge on any atom is -0.459 e. The Labute approximate surface area is 87.5 Å². The number of imidazole rings is 1. The van der Waals surface area contributed by atoms with Crippen LogP contribution in [0.3, 0.4) is 0 Å². The first-order valence-corrected chi connectivity index (χ1v) is 4.80. The van der Waals surface area contributed by atoms with Crippen LogP contribution in [0, 0.1) is 0 Å². The van der Waals surface area contributed by atoms with Crippen LogP contribution < -0.4 is 0 Å². The van der Waals surface area contributed by atoms with Gasteiger partial charge in [0.1, 0.15) is 0 Å². The Morgan fingerprint density at radius 2 is 2.33 bits per heavy atom. The predicted octanol–water partition coefficient (Wildman–Crippen LogP) is 1.90. The second-order valence-corrected chi connectivity index (χ2v) is 3.56. The molecule has 0 bridgehead atoms. The fraction of sp³-hybridized carbons (Fsp3) is 0.273. The van der Waals surface area contributed by atoms with Crippen molar-refractivity contribution in [1.29, 1.82) is 0 Å². The molecule has 0 aromatic carbocycles. The average molecular weight is 204 g/mol. The van der Waals surface area contributed by atoms with Gasteiger partial charge in [-0.1, -0.05) is 0 Å². The van der Waals surface area contributed by atoms with E-state index in [1.165, 1.54) is 0 Å². The zero-order valence-electron chi connectivity index (χ0n) is 8.68. The predicted molar refractivity (Wildman–Crippen MR) is 55.7 cm³/mol. The number of fused-ring (bicyclic) bond motifs is 1. The van der Waals surface area contributed by atoms with Crippen molar-refractivity contribution < 1.29 is 9.53 Å². The Morgan fingerprint density at radius 3 is 3.07 bits per heavy atom. The van der Waals surface area contributed by atoms with E-state index >= 15 is 0 Å². The molecular formula is C11H12N2O2. The van der Waals surface area contributed by atoms with Crippen molar-refractivity contribution >= 4 is 11.5 Å². The van der Waals surface area contributed by atoms with Crippen LogP contribution in [0.4, 0.5) is 0 Å². The summed E-state index contributed by atoms with van der Waals surface area (Å²) in [5, 5.41) is 0. The lowest BCUT2D eigenvalue weighted by molar-refractivity contribution is 0.0380. The molecule has 0 fully saturated rings. The van der Waals surface area contributed by atoms with E-state index in [1.807, 2.05) is 20.0 Å². The van der Waals surface area contributed by atoms with Crippen LogP contribution in [0.5, 0.6) is 0 Å². The lowest BCUT2D eigenvalue weighted by Gasteiger charge is -2.08. The van der Waals surface area contributed by atoms with Crippen LogP contribution >= 0.6 is 0 Å². The number of pyridine rings is 1. The van der Waals surface area contributed by atoms with Gasteiger partial charge in [0.2, 0.25) is 0 Å². The number of hydrogen-bond donors (Lipinski definition) is 0. The molecule has 4 nitrogen and oxygen atoms in total. The second-order valence-electron chi connectivity index (χ2n) is 3.56. The fourth-order valence-corrected chi connectivity index (χ4v) is 1.40. The van der Waals surface area contributed by atoms with Crippen molar-refractivity contribution in [2.75, 3.05) is 0 Å². The number of aromatic nitrogens is 2. The summed E-state index contributed by atoms with van der Waals surface area (Å²) in [7, 11) is 0. The molecule has 0 spiro atoms. The lowest BCUT2D eigenvalue weighted by atomic mass is 10.2. The first-order valence-electron chi connectivity index (χ1n) is 4.80. The van der Waals surface area contributed by atoms with Gasteiger partial charge in [-0.2, -0.15) is 0 Å². The molecule has 0 atom stereocenters. The fourth-order valence-electron chi connectivity index (χ4n) is 1.40. The molecule has 78 valence electrons. The van der Waals surface area contributed by atoms with E-state index in [-0.39, 0.29) is 12.1 Å². The molecule has 2 heterocycles. The van der Waals surface area contributed by atoms with Crippen LogP contribution in [0.15, 0.2) is 30.9 Å². The maximum absolute atomic E-state index is 11.7. The Hall–Kier alpha value is -1.84. The Kier molecular flexibility index (Phi) is 2.41. The highest BCUT2D eigenvalue weighted by molar-refractivity contribution is 5.96. The molecule has 2 aromatic heterocycles. The van der Waals surface area contributed by atoms with E-state index in [9.17, 15) is 4.79 Å². The summed E-state index contributed by atoms with van der Waals surface area (Å²) in [5.74, 6) is -0.309. The number of hydrogen-bond acceptors (Lipinski definition) is 3. The smallest absolute Gasteiger partial charge is 0.340 e. The third-order valence-electron chi connectivity index (χ3n) is 2.01. The Balaban J connectivity index is 2.42. The number of carbonyl (C=O) groups excluding carboxylic acids is 1. The molecular weight excluding hydrogens is 192 g/mol. The summed E-state index contributed by atoms with van der Waals surface area (Å²) in [5.41, 5.74) is 1.31. The molecule has 0 aliphatic heterocycles.